The highest BCUT2D eigenvalue weighted by atomic mass is 16.2. The maximum absolute atomic E-state index is 13.1. The van der Waals surface area contributed by atoms with Crippen LogP contribution in [0, 0.1) is 5.92 Å². The minimum absolute atomic E-state index is 0.0882. The van der Waals surface area contributed by atoms with Crippen LogP contribution in [0.4, 0.5) is 5.82 Å². The molecular formula is C22H27N9O. The molecule has 0 N–H and O–H groups in total. The normalized spacial score (nSPS) is 18.1. The van der Waals surface area contributed by atoms with E-state index in [0.717, 1.165) is 70.2 Å². The van der Waals surface area contributed by atoms with Crippen LogP contribution in [0.1, 0.15) is 18.5 Å². The fraction of sp³-hybridized carbons (Fsp3) is 0.455. The van der Waals surface area contributed by atoms with E-state index in [9.17, 15) is 4.79 Å². The first-order valence-corrected chi connectivity index (χ1v) is 11.1. The standard InChI is InChI=1S/C22H27N9O/c32-22(30-11-9-28(10-12-30)14-19-3-1-2-6-24-19)18-4-7-29(8-5-18)20-13-21(26-16-25-20)31-17-23-15-27-31/h1-3,6,13,15-18H,4-5,7-12,14H2. The maximum Gasteiger partial charge on any atom is 0.225 e. The Morgan fingerprint density at radius 1 is 0.938 bits per heavy atom. The number of rotatable bonds is 5. The third-order valence-electron chi connectivity index (χ3n) is 6.26. The van der Waals surface area contributed by atoms with Crippen molar-refractivity contribution in [1.82, 2.24) is 39.5 Å². The first-order valence-electron chi connectivity index (χ1n) is 11.1. The van der Waals surface area contributed by atoms with Crippen molar-refractivity contribution in [2.45, 2.75) is 19.4 Å². The van der Waals surface area contributed by atoms with Gasteiger partial charge in [0, 0.05) is 64.0 Å². The van der Waals surface area contributed by atoms with Crippen LogP contribution < -0.4 is 4.90 Å². The molecule has 2 saturated heterocycles. The summed E-state index contributed by atoms with van der Waals surface area (Å²) in [7, 11) is 0. The second kappa shape index (κ2) is 9.39. The van der Waals surface area contributed by atoms with Crippen LogP contribution in [-0.2, 0) is 11.3 Å². The molecule has 0 bridgehead atoms. The van der Waals surface area contributed by atoms with Gasteiger partial charge >= 0.3 is 0 Å². The molecule has 0 unspecified atom stereocenters. The van der Waals surface area contributed by atoms with Gasteiger partial charge in [0.25, 0.3) is 0 Å². The number of hydrogen-bond acceptors (Lipinski definition) is 8. The van der Waals surface area contributed by atoms with E-state index in [0.29, 0.717) is 11.7 Å². The van der Waals surface area contributed by atoms with Gasteiger partial charge in [-0.2, -0.15) is 5.10 Å². The lowest BCUT2D eigenvalue weighted by Gasteiger charge is -2.38. The maximum atomic E-state index is 13.1. The van der Waals surface area contributed by atoms with E-state index < -0.39 is 0 Å². The van der Waals surface area contributed by atoms with Gasteiger partial charge in [0.1, 0.15) is 24.8 Å². The Bertz CT molecular complexity index is 1010. The van der Waals surface area contributed by atoms with Crippen molar-refractivity contribution in [3.8, 4) is 5.82 Å². The predicted molar refractivity (Wildman–Crippen MR) is 118 cm³/mol. The second-order valence-corrected chi connectivity index (χ2v) is 8.26. The predicted octanol–water partition coefficient (Wildman–Crippen LogP) is 1.01. The van der Waals surface area contributed by atoms with Crippen molar-refractivity contribution in [2.24, 2.45) is 5.92 Å². The Hall–Kier alpha value is -3.40. The number of amides is 1. The van der Waals surface area contributed by atoms with E-state index >= 15 is 0 Å². The third-order valence-corrected chi connectivity index (χ3v) is 6.26. The van der Waals surface area contributed by atoms with Crippen LogP contribution in [0.3, 0.4) is 0 Å². The fourth-order valence-electron chi connectivity index (χ4n) is 4.42. The summed E-state index contributed by atoms with van der Waals surface area (Å²) in [6.07, 6.45) is 8.17. The number of pyridine rings is 1. The van der Waals surface area contributed by atoms with Crippen LogP contribution >= 0.6 is 0 Å². The van der Waals surface area contributed by atoms with E-state index in [4.69, 9.17) is 0 Å². The lowest BCUT2D eigenvalue weighted by Crippen LogP contribution is -2.51. The first kappa shape index (κ1) is 20.5. The van der Waals surface area contributed by atoms with Gasteiger partial charge < -0.3 is 9.80 Å². The van der Waals surface area contributed by atoms with Crippen LogP contribution in [0.5, 0.6) is 0 Å². The summed E-state index contributed by atoms with van der Waals surface area (Å²) >= 11 is 0. The molecule has 0 saturated carbocycles. The summed E-state index contributed by atoms with van der Waals surface area (Å²) in [4.78, 5) is 36.8. The Morgan fingerprint density at radius 3 is 2.47 bits per heavy atom. The van der Waals surface area contributed by atoms with Crippen LogP contribution in [-0.4, -0.2) is 84.7 Å². The first-order chi connectivity index (χ1) is 15.8. The van der Waals surface area contributed by atoms with Gasteiger partial charge in [-0.1, -0.05) is 6.07 Å². The largest absolute Gasteiger partial charge is 0.356 e. The lowest BCUT2D eigenvalue weighted by molar-refractivity contribution is -0.138. The number of carbonyl (C=O) groups is 1. The molecule has 5 heterocycles. The number of piperazine rings is 1. The number of hydrogen-bond donors (Lipinski definition) is 0. The van der Waals surface area contributed by atoms with Crippen molar-refractivity contribution in [1.29, 1.82) is 0 Å². The van der Waals surface area contributed by atoms with Gasteiger partial charge in [0.15, 0.2) is 5.82 Å². The van der Waals surface area contributed by atoms with Gasteiger partial charge in [-0.3, -0.25) is 14.7 Å². The highest BCUT2D eigenvalue weighted by molar-refractivity contribution is 5.79. The molecule has 10 heteroatoms. The average Bonchev–Trinajstić information content (AvgIpc) is 3.40. The molecule has 10 nitrogen and oxygen atoms in total. The minimum Gasteiger partial charge on any atom is -0.356 e. The van der Waals surface area contributed by atoms with Gasteiger partial charge in [-0.05, 0) is 25.0 Å². The van der Waals surface area contributed by atoms with E-state index in [2.05, 4.69) is 40.9 Å². The highest BCUT2D eigenvalue weighted by Gasteiger charge is 2.31. The Kier molecular flexibility index (Phi) is 6.02. The van der Waals surface area contributed by atoms with Crippen LogP contribution in [0.15, 0.2) is 49.4 Å². The van der Waals surface area contributed by atoms with Gasteiger partial charge in [-0.25, -0.2) is 19.6 Å². The zero-order chi connectivity index (χ0) is 21.8. The van der Waals surface area contributed by atoms with Crippen molar-refractivity contribution in [3.05, 3.63) is 55.1 Å². The molecule has 166 valence electrons. The molecule has 1 amide bonds. The molecule has 0 aliphatic carbocycles. The quantitative estimate of drug-likeness (QED) is 0.588. The fourth-order valence-corrected chi connectivity index (χ4v) is 4.42. The van der Waals surface area contributed by atoms with Crippen LogP contribution in [0.25, 0.3) is 5.82 Å². The molecule has 3 aromatic heterocycles. The molecule has 0 atom stereocenters. The molecule has 2 aliphatic rings. The number of piperidine rings is 1. The summed E-state index contributed by atoms with van der Waals surface area (Å²) in [5, 5.41) is 4.13. The van der Waals surface area contributed by atoms with Crippen molar-refractivity contribution in [2.75, 3.05) is 44.2 Å². The molecule has 0 spiro atoms. The summed E-state index contributed by atoms with van der Waals surface area (Å²) in [5.41, 5.74) is 1.08. The lowest BCUT2D eigenvalue weighted by atomic mass is 9.95. The number of carbonyl (C=O) groups excluding carboxylic acids is 1. The zero-order valence-corrected chi connectivity index (χ0v) is 18.0. The summed E-state index contributed by atoms with van der Waals surface area (Å²) in [6.45, 7) is 5.84. The smallest absolute Gasteiger partial charge is 0.225 e. The number of nitrogens with zero attached hydrogens (tertiary/aromatic N) is 9. The Labute approximate surface area is 186 Å². The monoisotopic (exact) mass is 433 g/mol. The van der Waals surface area contributed by atoms with Crippen molar-refractivity contribution >= 4 is 11.7 Å². The Balaban J connectivity index is 1.12. The van der Waals surface area contributed by atoms with E-state index in [1.54, 1.807) is 17.3 Å². The molecule has 32 heavy (non-hydrogen) atoms. The number of aromatic nitrogens is 6. The average molecular weight is 434 g/mol. The molecule has 5 rings (SSSR count). The minimum atomic E-state index is 0.0882. The molecule has 0 radical (unpaired) electrons. The number of anilines is 1. The molecular weight excluding hydrogens is 406 g/mol. The summed E-state index contributed by atoms with van der Waals surface area (Å²) in [5.74, 6) is 1.94. The summed E-state index contributed by atoms with van der Waals surface area (Å²) in [6, 6.07) is 7.92. The van der Waals surface area contributed by atoms with E-state index in [1.165, 1.54) is 6.33 Å². The van der Waals surface area contributed by atoms with Crippen molar-refractivity contribution in [3.63, 3.8) is 0 Å². The summed E-state index contributed by atoms with van der Waals surface area (Å²) < 4.78 is 1.62. The second-order valence-electron chi connectivity index (χ2n) is 8.26. The van der Waals surface area contributed by atoms with Gasteiger partial charge in [0.2, 0.25) is 5.91 Å². The van der Waals surface area contributed by atoms with Crippen LogP contribution in [0.2, 0.25) is 0 Å². The molecule has 3 aromatic rings. The highest BCUT2D eigenvalue weighted by Crippen LogP contribution is 2.24. The van der Waals surface area contributed by atoms with E-state index in [1.807, 2.05) is 29.3 Å². The van der Waals surface area contributed by atoms with E-state index in [-0.39, 0.29) is 5.92 Å². The van der Waals surface area contributed by atoms with Crippen molar-refractivity contribution < 1.29 is 4.79 Å². The molecule has 2 aliphatic heterocycles. The topological polar surface area (TPSA) is 96.2 Å². The SMILES string of the molecule is O=C(C1CCN(c2cc(-n3cncn3)ncn2)CC1)N1CCN(Cc2ccccn2)CC1. The Morgan fingerprint density at radius 2 is 1.75 bits per heavy atom. The van der Waals surface area contributed by atoms with Gasteiger partial charge in [-0.15, -0.1) is 0 Å². The zero-order valence-electron chi connectivity index (χ0n) is 18.0. The van der Waals surface area contributed by atoms with Gasteiger partial charge in [0.05, 0.1) is 5.69 Å². The molecule has 2 fully saturated rings. The third kappa shape index (κ3) is 4.59. The molecule has 0 aromatic carbocycles.